The van der Waals surface area contributed by atoms with Gasteiger partial charge in [0.2, 0.25) is 0 Å². The van der Waals surface area contributed by atoms with E-state index < -0.39 is 0 Å². The van der Waals surface area contributed by atoms with Crippen molar-refractivity contribution in [1.82, 2.24) is 10.2 Å². The number of benzene rings is 1. The van der Waals surface area contributed by atoms with Crippen LogP contribution in [0.25, 0.3) is 0 Å². The molecule has 1 aromatic carbocycles. The SMILES string of the molecule is CCNCc1cc(C)c(OCC(=O)N(C)CC)c(C)c1. The fourth-order valence-electron chi connectivity index (χ4n) is 2.06. The van der Waals surface area contributed by atoms with Gasteiger partial charge in [-0.15, -0.1) is 0 Å². The molecule has 112 valence electrons. The Balaban J connectivity index is 2.73. The van der Waals surface area contributed by atoms with E-state index >= 15 is 0 Å². The molecule has 0 aliphatic carbocycles. The van der Waals surface area contributed by atoms with Gasteiger partial charge in [0.1, 0.15) is 5.75 Å². The molecule has 0 radical (unpaired) electrons. The second kappa shape index (κ2) is 7.90. The third-order valence-electron chi connectivity index (χ3n) is 3.34. The molecule has 0 spiro atoms. The molecule has 1 N–H and O–H groups in total. The molecule has 4 heteroatoms. The Bertz CT molecular complexity index is 435. The molecule has 0 heterocycles. The zero-order valence-corrected chi connectivity index (χ0v) is 13.2. The summed E-state index contributed by atoms with van der Waals surface area (Å²) in [6, 6.07) is 4.22. The van der Waals surface area contributed by atoms with E-state index in [0.717, 1.165) is 30.0 Å². The summed E-state index contributed by atoms with van der Waals surface area (Å²) >= 11 is 0. The van der Waals surface area contributed by atoms with Crippen molar-refractivity contribution in [3.63, 3.8) is 0 Å². The third-order valence-corrected chi connectivity index (χ3v) is 3.34. The van der Waals surface area contributed by atoms with Crippen LogP contribution in [-0.2, 0) is 11.3 Å². The van der Waals surface area contributed by atoms with Crippen molar-refractivity contribution in [2.75, 3.05) is 26.7 Å². The van der Waals surface area contributed by atoms with Crippen LogP contribution >= 0.6 is 0 Å². The Morgan fingerprint density at radius 3 is 2.35 bits per heavy atom. The van der Waals surface area contributed by atoms with Crippen molar-refractivity contribution in [1.29, 1.82) is 0 Å². The van der Waals surface area contributed by atoms with Crippen LogP contribution in [0.4, 0.5) is 0 Å². The zero-order valence-electron chi connectivity index (χ0n) is 13.2. The molecular formula is C16H26N2O2. The lowest BCUT2D eigenvalue weighted by Crippen LogP contribution is -2.31. The molecule has 0 atom stereocenters. The second-order valence-electron chi connectivity index (χ2n) is 5.04. The number of hydrogen-bond donors (Lipinski definition) is 1. The highest BCUT2D eigenvalue weighted by atomic mass is 16.5. The van der Waals surface area contributed by atoms with Crippen LogP contribution in [0, 0.1) is 13.8 Å². The Kier molecular flexibility index (Phi) is 6.52. The van der Waals surface area contributed by atoms with E-state index in [1.165, 1.54) is 5.56 Å². The van der Waals surface area contributed by atoms with E-state index in [1.807, 2.05) is 20.8 Å². The molecule has 0 bridgehead atoms. The minimum absolute atomic E-state index is 0.00280. The van der Waals surface area contributed by atoms with Gasteiger partial charge in [0.15, 0.2) is 6.61 Å². The highest BCUT2D eigenvalue weighted by Gasteiger charge is 2.11. The fraction of sp³-hybridized carbons (Fsp3) is 0.562. The Morgan fingerprint density at radius 1 is 1.25 bits per heavy atom. The average molecular weight is 278 g/mol. The number of carbonyl (C=O) groups excluding carboxylic acids is 1. The Hall–Kier alpha value is -1.55. The van der Waals surface area contributed by atoms with Crippen molar-refractivity contribution in [3.8, 4) is 5.75 Å². The Morgan fingerprint density at radius 2 is 1.85 bits per heavy atom. The quantitative estimate of drug-likeness (QED) is 0.832. The molecule has 0 aromatic heterocycles. The number of hydrogen-bond acceptors (Lipinski definition) is 3. The summed E-state index contributed by atoms with van der Waals surface area (Å²) < 4.78 is 5.70. The van der Waals surface area contributed by atoms with E-state index in [2.05, 4.69) is 24.4 Å². The zero-order chi connectivity index (χ0) is 15.1. The van der Waals surface area contributed by atoms with Crippen molar-refractivity contribution in [2.24, 2.45) is 0 Å². The minimum Gasteiger partial charge on any atom is -0.483 e. The van der Waals surface area contributed by atoms with E-state index in [1.54, 1.807) is 11.9 Å². The smallest absolute Gasteiger partial charge is 0.260 e. The first-order chi connectivity index (χ1) is 9.49. The average Bonchev–Trinajstić information content (AvgIpc) is 2.42. The van der Waals surface area contributed by atoms with E-state index in [0.29, 0.717) is 6.54 Å². The van der Waals surface area contributed by atoms with Gasteiger partial charge in [0.25, 0.3) is 5.91 Å². The lowest BCUT2D eigenvalue weighted by Gasteiger charge is -2.17. The first kappa shape index (κ1) is 16.5. The van der Waals surface area contributed by atoms with Crippen molar-refractivity contribution in [3.05, 3.63) is 28.8 Å². The summed E-state index contributed by atoms with van der Waals surface area (Å²) in [6.07, 6.45) is 0. The normalized spacial score (nSPS) is 10.4. The summed E-state index contributed by atoms with van der Waals surface area (Å²) in [5.74, 6) is 0.825. The number of ether oxygens (including phenoxy) is 1. The van der Waals surface area contributed by atoms with Gasteiger partial charge in [-0.25, -0.2) is 0 Å². The van der Waals surface area contributed by atoms with Crippen molar-refractivity contribution >= 4 is 5.91 Å². The van der Waals surface area contributed by atoms with E-state index in [9.17, 15) is 4.79 Å². The summed E-state index contributed by atoms with van der Waals surface area (Å²) in [4.78, 5) is 13.4. The van der Waals surface area contributed by atoms with Crippen LogP contribution in [0.3, 0.4) is 0 Å². The monoisotopic (exact) mass is 278 g/mol. The maximum absolute atomic E-state index is 11.8. The van der Waals surface area contributed by atoms with Crippen LogP contribution in [-0.4, -0.2) is 37.6 Å². The van der Waals surface area contributed by atoms with Gasteiger partial charge < -0.3 is 15.0 Å². The fourth-order valence-corrected chi connectivity index (χ4v) is 2.06. The van der Waals surface area contributed by atoms with Gasteiger partial charge >= 0.3 is 0 Å². The molecule has 0 aliphatic rings. The lowest BCUT2D eigenvalue weighted by atomic mass is 10.1. The molecule has 0 saturated heterocycles. The lowest BCUT2D eigenvalue weighted by molar-refractivity contribution is -0.131. The standard InChI is InChI=1S/C16H26N2O2/c1-6-17-10-14-8-12(3)16(13(4)9-14)20-11-15(19)18(5)7-2/h8-9,17H,6-7,10-11H2,1-5H3. The number of aryl methyl sites for hydroxylation is 2. The van der Waals surface area contributed by atoms with Crippen molar-refractivity contribution < 1.29 is 9.53 Å². The molecule has 1 rings (SSSR count). The molecule has 1 aromatic rings. The summed E-state index contributed by atoms with van der Waals surface area (Å²) in [7, 11) is 1.78. The topological polar surface area (TPSA) is 41.6 Å². The molecule has 4 nitrogen and oxygen atoms in total. The van der Waals surface area contributed by atoms with Gasteiger partial charge in [0.05, 0.1) is 0 Å². The Labute approximate surface area is 122 Å². The molecule has 0 unspecified atom stereocenters. The summed E-state index contributed by atoms with van der Waals surface area (Å²) in [5, 5.41) is 3.31. The second-order valence-corrected chi connectivity index (χ2v) is 5.04. The molecule has 20 heavy (non-hydrogen) atoms. The molecular weight excluding hydrogens is 252 g/mol. The van der Waals surface area contributed by atoms with Crippen molar-refractivity contribution in [2.45, 2.75) is 34.2 Å². The third kappa shape index (κ3) is 4.53. The van der Waals surface area contributed by atoms with Gasteiger partial charge in [-0.05, 0) is 44.0 Å². The van der Waals surface area contributed by atoms with Gasteiger partial charge in [-0.2, -0.15) is 0 Å². The number of amides is 1. The molecule has 0 saturated carbocycles. The summed E-state index contributed by atoms with van der Waals surface area (Å²) in [5.41, 5.74) is 3.39. The maximum Gasteiger partial charge on any atom is 0.260 e. The predicted octanol–water partition coefficient (Wildman–Crippen LogP) is 2.27. The minimum atomic E-state index is 0.00280. The first-order valence-corrected chi connectivity index (χ1v) is 7.17. The van der Waals surface area contributed by atoms with Gasteiger partial charge in [-0.1, -0.05) is 19.1 Å². The number of nitrogens with one attached hydrogen (secondary N) is 1. The number of rotatable bonds is 7. The van der Waals surface area contributed by atoms with Crippen LogP contribution in [0.1, 0.15) is 30.5 Å². The maximum atomic E-state index is 11.8. The highest BCUT2D eigenvalue weighted by Crippen LogP contribution is 2.24. The molecule has 0 aliphatic heterocycles. The largest absolute Gasteiger partial charge is 0.483 e. The van der Waals surface area contributed by atoms with Crippen LogP contribution in [0.2, 0.25) is 0 Å². The number of likely N-dealkylation sites (N-methyl/N-ethyl adjacent to an activating group) is 1. The van der Waals surface area contributed by atoms with E-state index in [4.69, 9.17) is 4.74 Å². The van der Waals surface area contributed by atoms with Gasteiger partial charge in [-0.3, -0.25) is 4.79 Å². The summed E-state index contributed by atoms with van der Waals surface area (Å²) in [6.45, 7) is 10.7. The van der Waals surface area contributed by atoms with Gasteiger partial charge in [0, 0.05) is 20.1 Å². The number of carbonyl (C=O) groups is 1. The van der Waals surface area contributed by atoms with Crippen LogP contribution in [0.15, 0.2) is 12.1 Å². The van der Waals surface area contributed by atoms with Crippen LogP contribution < -0.4 is 10.1 Å². The molecule has 0 fully saturated rings. The number of nitrogens with zero attached hydrogens (tertiary/aromatic N) is 1. The first-order valence-electron chi connectivity index (χ1n) is 7.17. The predicted molar refractivity (Wildman–Crippen MR) is 82.1 cm³/mol. The van der Waals surface area contributed by atoms with Crippen LogP contribution in [0.5, 0.6) is 5.75 Å². The highest BCUT2D eigenvalue weighted by molar-refractivity contribution is 5.77. The molecule has 1 amide bonds. The van der Waals surface area contributed by atoms with E-state index in [-0.39, 0.29) is 12.5 Å².